The van der Waals surface area contributed by atoms with E-state index in [1.54, 1.807) is 12.1 Å². The van der Waals surface area contributed by atoms with Crippen LogP contribution in [-0.4, -0.2) is 22.9 Å². The average Bonchev–Trinajstić information content (AvgIpc) is 2.54. The standard InChI is InChI=1S/C15H14Cl2FN3O/c16-11-9-19-21(15(22)14(11)17)10-5-7-20(8-6-10)13-4-2-1-3-12(13)18/h1-4,9-10H,5-8H2. The predicted octanol–water partition coefficient (Wildman–Crippen LogP) is 3.53. The van der Waals surface area contributed by atoms with Crippen molar-refractivity contribution < 1.29 is 4.39 Å². The lowest BCUT2D eigenvalue weighted by Crippen LogP contribution is -2.38. The Bertz CT molecular complexity index is 742. The molecule has 2 heterocycles. The van der Waals surface area contributed by atoms with Crippen molar-refractivity contribution in [2.24, 2.45) is 0 Å². The minimum Gasteiger partial charge on any atom is -0.369 e. The molecule has 1 fully saturated rings. The third-order valence-electron chi connectivity index (χ3n) is 3.90. The lowest BCUT2D eigenvalue weighted by Gasteiger charge is -2.33. The molecule has 0 spiro atoms. The van der Waals surface area contributed by atoms with E-state index in [2.05, 4.69) is 5.10 Å². The van der Waals surface area contributed by atoms with E-state index < -0.39 is 0 Å². The average molecular weight is 342 g/mol. The normalized spacial score (nSPS) is 16.0. The van der Waals surface area contributed by atoms with Crippen molar-refractivity contribution in [1.29, 1.82) is 0 Å². The zero-order valence-electron chi connectivity index (χ0n) is 11.7. The minimum absolute atomic E-state index is 0.00630. The van der Waals surface area contributed by atoms with Gasteiger partial charge in [-0.05, 0) is 25.0 Å². The Morgan fingerprint density at radius 1 is 1.18 bits per heavy atom. The second kappa shape index (κ2) is 6.26. The molecule has 3 rings (SSSR count). The fraction of sp³-hybridized carbons (Fsp3) is 0.333. The van der Waals surface area contributed by atoms with Gasteiger partial charge in [0, 0.05) is 13.1 Å². The number of hydrogen-bond acceptors (Lipinski definition) is 3. The van der Waals surface area contributed by atoms with Crippen LogP contribution in [0.15, 0.2) is 35.3 Å². The fourth-order valence-electron chi connectivity index (χ4n) is 2.74. The van der Waals surface area contributed by atoms with Gasteiger partial charge in [0.2, 0.25) is 0 Å². The SMILES string of the molecule is O=c1c(Cl)c(Cl)cnn1C1CCN(c2ccccc2F)CC1. The highest BCUT2D eigenvalue weighted by atomic mass is 35.5. The molecule has 2 aromatic rings. The van der Waals surface area contributed by atoms with E-state index in [1.165, 1.54) is 16.9 Å². The lowest BCUT2D eigenvalue weighted by molar-refractivity contribution is 0.352. The molecule has 1 aliphatic rings. The molecule has 22 heavy (non-hydrogen) atoms. The van der Waals surface area contributed by atoms with Crippen LogP contribution in [0.25, 0.3) is 0 Å². The summed E-state index contributed by atoms with van der Waals surface area (Å²) in [5.74, 6) is -0.231. The first-order chi connectivity index (χ1) is 10.6. The van der Waals surface area contributed by atoms with E-state index in [0.29, 0.717) is 31.6 Å². The Morgan fingerprint density at radius 2 is 1.86 bits per heavy atom. The molecule has 0 aliphatic carbocycles. The van der Waals surface area contributed by atoms with Crippen LogP contribution in [-0.2, 0) is 0 Å². The number of halogens is 3. The number of aromatic nitrogens is 2. The topological polar surface area (TPSA) is 38.1 Å². The number of hydrogen-bond donors (Lipinski definition) is 0. The van der Waals surface area contributed by atoms with Gasteiger partial charge in [-0.25, -0.2) is 9.07 Å². The molecular weight excluding hydrogens is 328 g/mol. The largest absolute Gasteiger partial charge is 0.369 e. The van der Waals surface area contributed by atoms with Crippen LogP contribution in [0.5, 0.6) is 0 Å². The lowest BCUT2D eigenvalue weighted by atomic mass is 10.0. The van der Waals surface area contributed by atoms with Gasteiger partial charge in [0.1, 0.15) is 10.8 Å². The summed E-state index contributed by atoms with van der Waals surface area (Å²) >= 11 is 11.7. The molecule has 1 aromatic carbocycles. The summed E-state index contributed by atoms with van der Waals surface area (Å²) in [5.41, 5.74) is 0.217. The van der Waals surface area contributed by atoms with Crippen LogP contribution in [0.3, 0.4) is 0 Å². The van der Waals surface area contributed by atoms with Crippen molar-refractivity contribution in [1.82, 2.24) is 9.78 Å². The Kier molecular flexibility index (Phi) is 4.36. The zero-order valence-corrected chi connectivity index (χ0v) is 13.2. The fourth-order valence-corrected chi connectivity index (χ4v) is 3.00. The molecule has 1 aromatic heterocycles. The highest BCUT2D eigenvalue weighted by Gasteiger charge is 2.24. The van der Waals surface area contributed by atoms with Gasteiger partial charge in [-0.2, -0.15) is 5.10 Å². The molecule has 0 N–H and O–H groups in total. The maximum absolute atomic E-state index is 13.8. The summed E-state index contributed by atoms with van der Waals surface area (Å²) in [4.78, 5) is 14.1. The first-order valence-corrected chi connectivity index (χ1v) is 7.76. The van der Waals surface area contributed by atoms with Crippen molar-refractivity contribution in [3.05, 3.63) is 56.7 Å². The van der Waals surface area contributed by atoms with E-state index in [1.807, 2.05) is 11.0 Å². The number of piperidine rings is 1. The first kappa shape index (κ1) is 15.3. The third kappa shape index (κ3) is 2.83. The maximum atomic E-state index is 13.8. The summed E-state index contributed by atoms with van der Waals surface area (Å²) in [6.07, 6.45) is 2.77. The minimum atomic E-state index is -0.376. The van der Waals surface area contributed by atoms with Gasteiger partial charge >= 0.3 is 0 Å². The van der Waals surface area contributed by atoms with Crippen molar-refractivity contribution in [3.63, 3.8) is 0 Å². The van der Waals surface area contributed by atoms with E-state index >= 15 is 0 Å². The van der Waals surface area contributed by atoms with Crippen LogP contribution in [0.2, 0.25) is 10.0 Å². The van der Waals surface area contributed by atoms with Crippen LogP contribution >= 0.6 is 23.2 Å². The summed E-state index contributed by atoms with van der Waals surface area (Å²) < 4.78 is 15.2. The number of rotatable bonds is 2. The molecule has 0 atom stereocenters. The molecule has 4 nitrogen and oxygen atoms in total. The van der Waals surface area contributed by atoms with Crippen LogP contribution < -0.4 is 10.5 Å². The highest BCUT2D eigenvalue weighted by molar-refractivity contribution is 6.41. The number of nitrogens with zero attached hydrogens (tertiary/aromatic N) is 3. The van der Waals surface area contributed by atoms with E-state index in [4.69, 9.17) is 23.2 Å². The Labute approximate surface area is 137 Å². The molecule has 7 heteroatoms. The molecule has 1 saturated heterocycles. The van der Waals surface area contributed by atoms with Crippen LogP contribution in [0.4, 0.5) is 10.1 Å². The molecule has 1 aliphatic heterocycles. The molecule has 0 bridgehead atoms. The second-order valence-electron chi connectivity index (χ2n) is 5.23. The maximum Gasteiger partial charge on any atom is 0.287 e. The predicted molar refractivity (Wildman–Crippen MR) is 85.4 cm³/mol. The smallest absolute Gasteiger partial charge is 0.287 e. The van der Waals surface area contributed by atoms with Gasteiger partial charge in [-0.15, -0.1) is 0 Å². The number of benzene rings is 1. The van der Waals surface area contributed by atoms with E-state index in [9.17, 15) is 9.18 Å². The highest BCUT2D eigenvalue weighted by Crippen LogP contribution is 2.27. The molecule has 116 valence electrons. The van der Waals surface area contributed by atoms with Gasteiger partial charge in [0.25, 0.3) is 5.56 Å². The molecule has 0 saturated carbocycles. The van der Waals surface area contributed by atoms with Gasteiger partial charge in [-0.3, -0.25) is 4.79 Å². The second-order valence-corrected chi connectivity index (χ2v) is 6.01. The number of anilines is 1. The Hall–Kier alpha value is -1.59. The summed E-state index contributed by atoms with van der Waals surface area (Å²) in [6.45, 7) is 1.31. The molecule has 0 amide bonds. The monoisotopic (exact) mass is 341 g/mol. The van der Waals surface area contributed by atoms with E-state index in [-0.39, 0.29) is 27.5 Å². The van der Waals surface area contributed by atoms with Gasteiger partial charge in [0.15, 0.2) is 0 Å². The number of para-hydroxylation sites is 1. The first-order valence-electron chi connectivity index (χ1n) is 7.00. The molecule has 0 radical (unpaired) electrons. The van der Waals surface area contributed by atoms with Crippen molar-refractivity contribution >= 4 is 28.9 Å². The summed E-state index contributed by atoms with van der Waals surface area (Å²) in [7, 11) is 0. The summed E-state index contributed by atoms with van der Waals surface area (Å²) in [6, 6.07) is 6.65. The zero-order chi connectivity index (χ0) is 15.7. The Balaban J connectivity index is 1.77. The van der Waals surface area contributed by atoms with Crippen LogP contribution in [0.1, 0.15) is 18.9 Å². The van der Waals surface area contributed by atoms with Crippen molar-refractivity contribution in [2.45, 2.75) is 18.9 Å². The quantitative estimate of drug-likeness (QED) is 0.838. The van der Waals surface area contributed by atoms with Crippen LogP contribution in [0, 0.1) is 5.82 Å². The van der Waals surface area contributed by atoms with Crippen molar-refractivity contribution in [3.8, 4) is 0 Å². The van der Waals surface area contributed by atoms with Gasteiger partial charge < -0.3 is 4.90 Å². The molecule has 0 unspecified atom stereocenters. The van der Waals surface area contributed by atoms with Gasteiger partial charge in [0.05, 0.1) is 22.9 Å². The van der Waals surface area contributed by atoms with Crippen molar-refractivity contribution in [2.75, 3.05) is 18.0 Å². The third-order valence-corrected chi connectivity index (χ3v) is 4.65. The summed E-state index contributed by atoms with van der Waals surface area (Å²) in [5, 5.41) is 4.23. The molecular formula is C15H14Cl2FN3O. The van der Waals surface area contributed by atoms with E-state index in [0.717, 1.165) is 0 Å². The Morgan fingerprint density at radius 3 is 2.55 bits per heavy atom. The van der Waals surface area contributed by atoms with Gasteiger partial charge in [-0.1, -0.05) is 35.3 Å².